The van der Waals surface area contributed by atoms with Gasteiger partial charge in [0.2, 0.25) is 11.6 Å². The first kappa shape index (κ1) is 18.8. The van der Waals surface area contributed by atoms with Crippen molar-refractivity contribution in [1.29, 1.82) is 0 Å². The van der Waals surface area contributed by atoms with E-state index in [1.165, 1.54) is 18.2 Å². The van der Waals surface area contributed by atoms with Crippen LogP contribution in [0.5, 0.6) is 0 Å². The molecule has 0 amide bonds. The van der Waals surface area contributed by atoms with Gasteiger partial charge in [-0.1, -0.05) is 66.7 Å². The molecule has 0 saturated heterocycles. The van der Waals surface area contributed by atoms with Crippen LogP contribution in [0.15, 0.2) is 72.8 Å². The van der Waals surface area contributed by atoms with Crippen LogP contribution in [0, 0.1) is 12.8 Å². The second-order valence-electron chi connectivity index (χ2n) is 6.38. The molecule has 0 aromatic heterocycles. The van der Waals surface area contributed by atoms with Crippen molar-refractivity contribution in [2.45, 2.75) is 11.8 Å². The Morgan fingerprint density at radius 2 is 1.63 bits per heavy atom. The van der Waals surface area contributed by atoms with Gasteiger partial charge in [-0.3, -0.25) is 14.4 Å². The van der Waals surface area contributed by atoms with Crippen LogP contribution in [0.1, 0.15) is 21.5 Å². The highest BCUT2D eigenvalue weighted by Crippen LogP contribution is 2.38. The van der Waals surface area contributed by atoms with Crippen molar-refractivity contribution < 1.29 is 19.5 Å². The van der Waals surface area contributed by atoms with Gasteiger partial charge in [0.15, 0.2) is 0 Å². The van der Waals surface area contributed by atoms with Gasteiger partial charge in [-0.05, 0) is 29.7 Å². The maximum atomic E-state index is 12.8. The number of allylic oxidation sites excluding steroid dienone is 2. The standard InChI is InChI=1S/C22H17ClO4/c1-14-7-5-6-10-16(14)18-13-22(23,12-11-17(18)21(26)27)20(25)19(24)15-8-3-2-4-9-15/h2-13,17H,1H3,(H,26,27). The third-order valence-electron chi connectivity index (χ3n) is 4.54. The molecular weight excluding hydrogens is 364 g/mol. The third kappa shape index (κ3) is 3.62. The number of halogens is 1. The van der Waals surface area contributed by atoms with Crippen molar-refractivity contribution in [3.8, 4) is 0 Å². The van der Waals surface area contributed by atoms with Crippen molar-refractivity contribution >= 4 is 34.7 Å². The minimum Gasteiger partial charge on any atom is -0.481 e. The fourth-order valence-electron chi connectivity index (χ4n) is 3.10. The fraction of sp³-hybridized carbons (Fsp3) is 0.136. The second kappa shape index (κ2) is 7.33. The Morgan fingerprint density at radius 1 is 1.00 bits per heavy atom. The highest BCUT2D eigenvalue weighted by Gasteiger charge is 2.41. The lowest BCUT2D eigenvalue weighted by Crippen LogP contribution is -2.37. The normalized spacial score (nSPS) is 21.4. The maximum Gasteiger partial charge on any atom is 0.314 e. The summed E-state index contributed by atoms with van der Waals surface area (Å²) in [6, 6.07) is 15.4. The number of carbonyl (C=O) groups is 3. The van der Waals surface area contributed by atoms with Crippen LogP contribution < -0.4 is 0 Å². The minimum absolute atomic E-state index is 0.238. The summed E-state index contributed by atoms with van der Waals surface area (Å²) < 4.78 is 0. The Hall–Kier alpha value is -2.98. The van der Waals surface area contributed by atoms with E-state index in [2.05, 4.69) is 0 Å². The molecule has 0 bridgehead atoms. The van der Waals surface area contributed by atoms with Gasteiger partial charge in [0.05, 0.1) is 0 Å². The van der Waals surface area contributed by atoms with Crippen molar-refractivity contribution in [2.75, 3.05) is 0 Å². The van der Waals surface area contributed by atoms with E-state index in [4.69, 9.17) is 11.6 Å². The molecule has 0 radical (unpaired) electrons. The summed E-state index contributed by atoms with van der Waals surface area (Å²) in [5, 5.41) is 9.57. The molecule has 1 aliphatic rings. The summed E-state index contributed by atoms with van der Waals surface area (Å²) in [4.78, 5) is 35.4. The second-order valence-corrected chi connectivity index (χ2v) is 7.01. The summed E-state index contributed by atoms with van der Waals surface area (Å²) >= 11 is 6.51. The zero-order valence-electron chi connectivity index (χ0n) is 14.6. The molecular formula is C22H17ClO4. The number of carboxylic acids is 1. The maximum absolute atomic E-state index is 12.8. The number of carboxylic acid groups (broad SMARTS) is 1. The predicted molar refractivity (Wildman–Crippen MR) is 104 cm³/mol. The van der Waals surface area contributed by atoms with Crippen LogP contribution in [0.2, 0.25) is 0 Å². The lowest BCUT2D eigenvalue weighted by atomic mass is 9.80. The quantitative estimate of drug-likeness (QED) is 0.367. The van der Waals surface area contributed by atoms with Gasteiger partial charge in [0, 0.05) is 5.56 Å². The van der Waals surface area contributed by atoms with Gasteiger partial charge < -0.3 is 5.11 Å². The number of aryl methyl sites for hydroxylation is 1. The monoisotopic (exact) mass is 380 g/mol. The number of aliphatic carboxylic acids is 1. The van der Waals surface area contributed by atoms with E-state index >= 15 is 0 Å². The van der Waals surface area contributed by atoms with E-state index in [1.54, 1.807) is 42.5 Å². The molecule has 2 unspecified atom stereocenters. The number of alkyl halides is 1. The van der Waals surface area contributed by atoms with Crippen molar-refractivity contribution in [2.24, 2.45) is 5.92 Å². The van der Waals surface area contributed by atoms with Crippen LogP contribution in [-0.4, -0.2) is 27.5 Å². The Morgan fingerprint density at radius 3 is 2.26 bits per heavy atom. The zero-order valence-corrected chi connectivity index (χ0v) is 15.3. The topological polar surface area (TPSA) is 71.4 Å². The van der Waals surface area contributed by atoms with E-state index in [1.807, 2.05) is 19.1 Å². The van der Waals surface area contributed by atoms with Gasteiger partial charge in [0.25, 0.3) is 0 Å². The Labute approximate surface area is 161 Å². The van der Waals surface area contributed by atoms with Crippen LogP contribution in [-0.2, 0) is 9.59 Å². The van der Waals surface area contributed by atoms with Crippen LogP contribution in [0.3, 0.4) is 0 Å². The van der Waals surface area contributed by atoms with E-state index in [0.717, 1.165) is 5.56 Å². The van der Waals surface area contributed by atoms with Gasteiger partial charge in [-0.2, -0.15) is 0 Å². The molecule has 2 atom stereocenters. The van der Waals surface area contributed by atoms with Gasteiger partial charge in [-0.25, -0.2) is 0 Å². The smallest absolute Gasteiger partial charge is 0.314 e. The minimum atomic E-state index is -1.73. The molecule has 2 aromatic carbocycles. The lowest BCUT2D eigenvalue weighted by Gasteiger charge is -2.27. The summed E-state index contributed by atoms with van der Waals surface area (Å²) in [6.07, 6.45) is 4.05. The SMILES string of the molecule is Cc1ccccc1C1=CC(Cl)(C(=O)C(=O)c2ccccc2)C=CC1C(=O)O. The molecule has 0 saturated carbocycles. The van der Waals surface area contributed by atoms with Gasteiger partial charge in [-0.15, -0.1) is 11.6 Å². The molecule has 0 aliphatic heterocycles. The predicted octanol–water partition coefficient (Wildman–Crippen LogP) is 4.08. The number of hydrogen-bond donors (Lipinski definition) is 1. The third-order valence-corrected chi connectivity index (χ3v) is 4.95. The van der Waals surface area contributed by atoms with Crippen LogP contribution in [0.4, 0.5) is 0 Å². The molecule has 2 aromatic rings. The van der Waals surface area contributed by atoms with Crippen LogP contribution >= 0.6 is 11.6 Å². The Balaban J connectivity index is 2.06. The zero-order chi connectivity index (χ0) is 19.6. The summed E-state index contributed by atoms with van der Waals surface area (Å²) in [5.41, 5.74) is 2.17. The molecule has 1 aliphatic carbocycles. The van der Waals surface area contributed by atoms with E-state index in [-0.39, 0.29) is 5.56 Å². The molecule has 0 spiro atoms. The molecule has 3 rings (SSSR count). The van der Waals surface area contributed by atoms with E-state index in [0.29, 0.717) is 11.1 Å². The first-order valence-corrected chi connectivity index (χ1v) is 8.75. The lowest BCUT2D eigenvalue weighted by molar-refractivity contribution is -0.138. The molecule has 5 heteroatoms. The number of benzene rings is 2. The average Bonchev–Trinajstić information content (AvgIpc) is 2.67. The number of rotatable bonds is 5. The summed E-state index contributed by atoms with van der Waals surface area (Å²) in [5.74, 6) is -3.54. The first-order valence-electron chi connectivity index (χ1n) is 8.37. The highest BCUT2D eigenvalue weighted by atomic mass is 35.5. The molecule has 4 nitrogen and oxygen atoms in total. The number of ketones is 2. The molecule has 1 N–H and O–H groups in total. The molecule has 0 heterocycles. The van der Waals surface area contributed by atoms with Crippen molar-refractivity contribution in [3.63, 3.8) is 0 Å². The highest BCUT2D eigenvalue weighted by molar-refractivity contribution is 6.58. The summed E-state index contributed by atoms with van der Waals surface area (Å²) in [6.45, 7) is 1.85. The van der Waals surface area contributed by atoms with Gasteiger partial charge in [0.1, 0.15) is 10.8 Å². The van der Waals surface area contributed by atoms with Gasteiger partial charge >= 0.3 is 5.97 Å². The number of carbonyl (C=O) groups excluding carboxylic acids is 2. The van der Waals surface area contributed by atoms with Crippen molar-refractivity contribution in [1.82, 2.24) is 0 Å². The largest absolute Gasteiger partial charge is 0.481 e. The molecule has 0 fully saturated rings. The molecule has 27 heavy (non-hydrogen) atoms. The van der Waals surface area contributed by atoms with E-state index < -0.39 is 28.3 Å². The number of Topliss-reactive ketones (excluding diaryl/α,β-unsaturated/α-hetero) is 2. The van der Waals surface area contributed by atoms with Crippen molar-refractivity contribution in [3.05, 3.63) is 89.5 Å². The Kier molecular flexibility index (Phi) is 5.10. The Bertz CT molecular complexity index is 975. The average molecular weight is 381 g/mol. The molecule has 136 valence electrons. The fourth-order valence-corrected chi connectivity index (χ4v) is 3.37. The summed E-state index contributed by atoms with van der Waals surface area (Å²) in [7, 11) is 0. The number of hydrogen-bond acceptors (Lipinski definition) is 3. The van der Waals surface area contributed by atoms with E-state index in [9.17, 15) is 19.5 Å². The first-order chi connectivity index (χ1) is 12.8. The van der Waals surface area contributed by atoms with Crippen LogP contribution in [0.25, 0.3) is 5.57 Å².